The highest BCUT2D eigenvalue weighted by atomic mass is 35.5. The number of halogens is 3. The molecular formula is C9H10Cl2FNO. The first-order valence-electron chi connectivity index (χ1n) is 3.62. The fourth-order valence-corrected chi connectivity index (χ4v) is 1.18. The first kappa shape index (κ1) is 13.2. The van der Waals surface area contributed by atoms with E-state index < -0.39 is 17.6 Å². The van der Waals surface area contributed by atoms with Crippen LogP contribution in [0.3, 0.4) is 0 Å². The van der Waals surface area contributed by atoms with Crippen LogP contribution in [0.5, 0.6) is 5.75 Å². The van der Waals surface area contributed by atoms with E-state index in [2.05, 4.69) is 6.58 Å². The van der Waals surface area contributed by atoms with Crippen LogP contribution in [-0.4, -0.2) is 5.11 Å². The molecule has 14 heavy (non-hydrogen) atoms. The lowest BCUT2D eigenvalue weighted by molar-refractivity contribution is 0.424. The van der Waals surface area contributed by atoms with Crippen molar-refractivity contribution >= 4 is 24.0 Å². The lowest BCUT2D eigenvalue weighted by Gasteiger charge is -2.09. The largest absolute Gasteiger partial charge is 0.505 e. The Balaban J connectivity index is 0.00000169. The van der Waals surface area contributed by atoms with Crippen LogP contribution >= 0.6 is 24.0 Å². The van der Waals surface area contributed by atoms with Gasteiger partial charge in [0.25, 0.3) is 0 Å². The van der Waals surface area contributed by atoms with Crippen molar-refractivity contribution in [2.24, 2.45) is 5.73 Å². The molecule has 0 aliphatic rings. The number of hydrogen-bond donors (Lipinski definition) is 2. The maximum absolute atomic E-state index is 12.9. The van der Waals surface area contributed by atoms with Gasteiger partial charge in [-0.05, 0) is 12.1 Å². The molecule has 0 aliphatic carbocycles. The predicted molar refractivity (Wildman–Crippen MR) is 57.4 cm³/mol. The molecule has 0 aromatic heterocycles. The summed E-state index contributed by atoms with van der Waals surface area (Å²) in [6.45, 7) is 3.44. The van der Waals surface area contributed by atoms with Crippen LogP contribution in [0.25, 0.3) is 0 Å². The molecule has 1 rings (SSSR count). The first-order chi connectivity index (χ1) is 6.06. The molecule has 0 spiro atoms. The summed E-state index contributed by atoms with van der Waals surface area (Å²) in [5.74, 6) is -1.25. The average molecular weight is 238 g/mol. The third-order valence-corrected chi connectivity index (χ3v) is 1.89. The highest BCUT2D eigenvalue weighted by Crippen LogP contribution is 2.29. The van der Waals surface area contributed by atoms with Crippen LogP contribution in [0, 0.1) is 5.82 Å². The quantitative estimate of drug-likeness (QED) is 0.778. The van der Waals surface area contributed by atoms with Crippen LogP contribution in [0.15, 0.2) is 24.8 Å². The minimum Gasteiger partial charge on any atom is -0.505 e. The topological polar surface area (TPSA) is 46.2 Å². The van der Waals surface area contributed by atoms with Crippen molar-refractivity contribution in [3.05, 3.63) is 41.2 Å². The molecular weight excluding hydrogens is 228 g/mol. The molecule has 1 atom stereocenters. The zero-order valence-electron chi connectivity index (χ0n) is 7.21. The summed E-state index contributed by atoms with van der Waals surface area (Å²) in [7, 11) is 0. The molecule has 0 fully saturated rings. The van der Waals surface area contributed by atoms with E-state index in [9.17, 15) is 9.50 Å². The van der Waals surface area contributed by atoms with Crippen molar-refractivity contribution in [1.82, 2.24) is 0 Å². The van der Waals surface area contributed by atoms with Gasteiger partial charge < -0.3 is 10.8 Å². The van der Waals surface area contributed by atoms with Gasteiger partial charge in [0.15, 0.2) is 11.6 Å². The van der Waals surface area contributed by atoms with E-state index >= 15 is 0 Å². The second kappa shape index (κ2) is 5.20. The molecule has 0 heterocycles. The fourth-order valence-electron chi connectivity index (χ4n) is 0.967. The maximum Gasteiger partial charge on any atom is 0.166 e. The zero-order chi connectivity index (χ0) is 10.0. The number of benzene rings is 1. The average Bonchev–Trinajstić information content (AvgIpc) is 2.10. The number of nitrogens with two attached hydrogens (primary N) is 1. The van der Waals surface area contributed by atoms with Gasteiger partial charge in [0, 0.05) is 10.6 Å². The molecule has 0 saturated heterocycles. The van der Waals surface area contributed by atoms with Gasteiger partial charge >= 0.3 is 0 Å². The smallest absolute Gasteiger partial charge is 0.166 e. The van der Waals surface area contributed by atoms with Gasteiger partial charge in [0.2, 0.25) is 0 Å². The van der Waals surface area contributed by atoms with Crippen LogP contribution in [0.4, 0.5) is 4.39 Å². The highest BCUT2D eigenvalue weighted by Gasteiger charge is 2.12. The molecule has 0 saturated carbocycles. The second-order valence-electron chi connectivity index (χ2n) is 2.59. The summed E-state index contributed by atoms with van der Waals surface area (Å²) >= 11 is 5.58. The minimum atomic E-state index is -0.778. The Kier molecular flexibility index (Phi) is 4.91. The Morgan fingerprint density at radius 2 is 2.14 bits per heavy atom. The van der Waals surface area contributed by atoms with Gasteiger partial charge in [-0.1, -0.05) is 17.7 Å². The maximum atomic E-state index is 12.9. The summed E-state index contributed by atoms with van der Waals surface area (Å²) in [5, 5.41) is 9.46. The molecule has 78 valence electrons. The van der Waals surface area contributed by atoms with Gasteiger partial charge in [0.1, 0.15) is 0 Å². The van der Waals surface area contributed by atoms with Gasteiger partial charge in [-0.15, -0.1) is 19.0 Å². The van der Waals surface area contributed by atoms with Crippen molar-refractivity contribution in [2.75, 3.05) is 0 Å². The second-order valence-corrected chi connectivity index (χ2v) is 3.02. The highest BCUT2D eigenvalue weighted by molar-refractivity contribution is 6.30. The zero-order valence-corrected chi connectivity index (χ0v) is 8.78. The van der Waals surface area contributed by atoms with Crippen LogP contribution in [0.2, 0.25) is 5.02 Å². The molecule has 1 aromatic rings. The van der Waals surface area contributed by atoms with Crippen LogP contribution in [0.1, 0.15) is 11.6 Å². The molecule has 0 amide bonds. The van der Waals surface area contributed by atoms with Crippen LogP contribution in [-0.2, 0) is 0 Å². The number of aromatic hydroxyl groups is 1. The molecule has 0 unspecified atom stereocenters. The molecule has 0 bridgehead atoms. The summed E-state index contributed by atoms with van der Waals surface area (Å²) in [5.41, 5.74) is 5.77. The number of hydrogen-bond acceptors (Lipinski definition) is 2. The molecule has 3 N–H and O–H groups in total. The molecule has 5 heteroatoms. The van der Waals surface area contributed by atoms with Crippen molar-refractivity contribution in [3.8, 4) is 5.75 Å². The van der Waals surface area contributed by atoms with E-state index in [1.54, 1.807) is 0 Å². The molecule has 0 aliphatic heterocycles. The van der Waals surface area contributed by atoms with Gasteiger partial charge in [-0.25, -0.2) is 4.39 Å². The lowest BCUT2D eigenvalue weighted by atomic mass is 10.1. The van der Waals surface area contributed by atoms with Gasteiger partial charge in [-0.2, -0.15) is 0 Å². The van der Waals surface area contributed by atoms with Crippen molar-refractivity contribution in [2.45, 2.75) is 6.04 Å². The monoisotopic (exact) mass is 237 g/mol. The van der Waals surface area contributed by atoms with E-state index in [0.717, 1.165) is 6.07 Å². The van der Waals surface area contributed by atoms with E-state index in [4.69, 9.17) is 17.3 Å². The molecule has 1 aromatic carbocycles. The Morgan fingerprint density at radius 1 is 1.57 bits per heavy atom. The summed E-state index contributed by atoms with van der Waals surface area (Å²) < 4.78 is 12.9. The van der Waals surface area contributed by atoms with Crippen molar-refractivity contribution in [3.63, 3.8) is 0 Å². The van der Waals surface area contributed by atoms with Crippen molar-refractivity contribution < 1.29 is 9.50 Å². The Morgan fingerprint density at radius 3 is 2.64 bits per heavy atom. The third-order valence-electron chi connectivity index (χ3n) is 1.67. The van der Waals surface area contributed by atoms with Gasteiger partial charge in [0.05, 0.1) is 6.04 Å². The number of phenolic OH excluding ortho intramolecular Hbond substituents is 1. The summed E-state index contributed by atoms with van der Waals surface area (Å²) in [6, 6.07) is 1.82. The predicted octanol–water partition coefficient (Wildman–Crippen LogP) is 2.79. The standard InChI is InChI=1S/C9H9ClFNO.ClH/c1-2-8(12)6-3-5(10)4-7(11)9(6)13;/h2-4,8,13H,1,12H2;1H/t8-;/m0./s1. The normalized spacial score (nSPS) is 11.6. The van der Waals surface area contributed by atoms with E-state index in [1.165, 1.54) is 12.1 Å². The molecule has 2 nitrogen and oxygen atoms in total. The van der Waals surface area contributed by atoms with Crippen LogP contribution < -0.4 is 5.73 Å². The summed E-state index contributed by atoms with van der Waals surface area (Å²) in [4.78, 5) is 0. The summed E-state index contributed by atoms with van der Waals surface area (Å²) in [6.07, 6.45) is 1.39. The van der Waals surface area contributed by atoms with E-state index in [1.807, 2.05) is 0 Å². The van der Waals surface area contributed by atoms with E-state index in [0.29, 0.717) is 0 Å². The SMILES string of the molecule is C=C[C@H](N)c1cc(Cl)cc(F)c1O.Cl. The fraction of sp³-hybridized carbons (Fsp3) is 0.111. The molecule has 0 radical (unpaired) electrons. The minimum absolute atomic E-state index is 0. The Labute approximate surface area is 92.6 Å². The third kappa shape index (κ3) is 2.61. The van der Waals surface area contributed by atoms with Gasteiger partial charge in [-0.3, -0.25) is 0 Å². The Bertz CT molecular complexity index is 344. The lowest BCUT2D eigenvalue weighted by Crippen LogP contribution is -2.07. The number of rotatable bonds is 2. The Hall–Kier alpha value is -0.770. The van der Waals surface area contributed by atoms with Crippen molar-refractivity contribution in [1.29, 1.82) is 0 Å². The first-order valence-corrected chi connectivity index (χ1v) is 4.00. The van der Waals surface area contributed by atoms with E-state index in [-0.39, 0.29) is 23.0 Å². The number of phenols is 1.